The Bertz CT molecular complexity index is 439. The standard InChI is InChI=1S/C13H16N4/c14-10-11-2-1-3-13(15-11)17-8-6-16(7-9-17)12-4-5-12/h1-3,12H,4-9H2. The van der Waals surface area contributed by atoms with Gasteiger partial charge in [0.15, 0.2) is 0 Å². The summed E-state index contributed by atoms with van der Waals surface area (Å²) >= 11 is 0. The van der Waals surface area contributed by atoms with E-state index in [4.69, 9.17) is 5.26 Å². The number of anilines is 1. The van der Waals surface area contributed by atoms with E-state index < -0.39 is 0 Å². The maximum Gasteiger partial charge on any atom is 0.142 e. The van der Waals surface area contributed by atoms with Crippen molar-refractivity contribution in [3.05, 3.63) is 23.9 Å². The van der Waals surface area contributed by atoms with Crippen LogP contribution in [-0.4, -0.2) is 42.1 Å². The maximum atomic E-state index is 8.84. The summed E-state index contributed by atoms with van der Waals surface area (Å²) in [5, 5.41) is 8.84. The van der Waals surface area contributed by atoms with Gasteiger partial charge in [-0.2, -0.15) is 5.26 Å². The van der Waals surface area contributed by atoms with Crippen LogP contribution >= 0.6 is 0 Å². The van der Waals surface area contributed by atoms with E-state index in [0.717, 1.165) is 38.0 Å². The lowest BCUT2D eigenvalue weighted by Gasteiger charge is -2.35. The van der Waals surface area contributed by atoms with Crippen molar-refractivity contribution >= 4 is 5.82 Å². The summed E-state index contributed by atoms with van der Waals surface area (Å²) < 4.78 is 0. The van der Waals surface area contributed by atoms with Crippen LogP contribution in [0.2, 0.25) is 0 Å². The van der Waals surface area contributed by atoms with Crippen molar-refractivity contribution in [2.24, 2.45) is 0 Å². The highest BCUT2D eigenvalue weighted by Gasteiger charge is 2.31. The van der Waals surface area contributed by atoms with Crippen molar-refractivity contribution in [2.75, 3.05) is 31.1 Å². The Morgan fingerprint density at radius 2 is 1.94 bits per heavy atom. The Morgan fingerprint density at radius 1 is 1.18 bits per heavy atom. The normalized spacial score (nSPS) is 21.2. The van der Waals surface area contributed by atoms with Gasteiger partial charge in [0, 0.05) is 32.2 Å². The second-order valence-electron chi connectivity index (χ2n) is 4.75. The Morgan fingerprint density at radius 3 is 2.59 bits per heavy atom. The second kappa shape index (κ2) is 4.34. The van der Waals surface area contributed by atoms with Gasteiger partial charge in [0.1, 0.15) is 17.6 Å². The Labute approximate surface area is 101 Å². The summed E-state index contributed by atoms with van der Waals surface area (Å²) in [7, 11) is 0. The SMILES string of the molecule is N#Cc1cccc(N2CCN(C3CC3)CC2)n1. The molecule has 0 aromatic carbocycles. The first-order valence-electron chi connectivity index (χ1n) is 6.23. The molecule has 0 spiro atoms. The highest BCUT2D eigenvalue weighted by atomic mass is 15.3. The molecule has 2 aliphatic rings. The molecule has 0 atom stereocenters. The van der Waals surface area contributed by atoms with Crippen molar-refractivity contribution in [2.45, 2.75) is 18.9 Å². The molecule has 0 unspecified atom stereocenters. The zero-order chi connectivity index (χ0) is 11.7. The van der Waals surface area contributed by atoms with Crippen molar-refractivity contribution in [1.29, 1.82) is 5.26 Å². The lowest BCUT2D eigenvalue weighted by Crippen LogP contribution is -2.47. The average Bonchev–Trinajstić information content (AvgIpc) is 3.23. The maximum absolute atomic E-state index is 8.84. The molecule has 1 aromatic heterocycles. The average molecular weight is 228 g/mol. The fourth-order valence-electron chi connectivity index (χ4n) is 2.42. The molecule has 88 valence electrons. The smallest absolute Gasteiger partial charge is 0.142 e. The molecule has 0 radical (unpaired) electrons. The van der Waals surface area contributed by atoms with Gasteiger partial charge in [0.05, 0.1) is 0 Å². The van der Waals surface area contributed by atoms with Crippen LogP contribution in [0.15, 0.2) is 18.2 Å². The summed E-state index contributed by atoms with van der Waals surface area (Å²) in [5.74, 6) is 0.944. The Balaban J connectivity index is 1.67. The molecular weight excluding hydrogens is 212 g/mol. The Hall–Kier alpha value is -1.60. The quantitative estimate of drug-likeness (QED) is 0.764. The van der Waals surface area contributed by atoms with Gasteiger partial charge in [0.25, 0.3) is 0 Å². The summed E-state index contributed by atoms with van der Waals surface area (Å²) in [6.45, 7) is 4.31. The first-order chi connectivity index (χ1) is 8.36. The minimum absolute atomic E-state index is 0.507. The largest absolute Gasteiger partial charge is 0.354 e. The Kier molecular flexibility index (Phi) is 2.69. The van der Waals surface area contributed by atoms with Crippen LogP contribution in [0.25, 0.3) is 0 Å². The van der Waals surface area contributed by atoms with Crippen LogP contribution in [0, 0.1) is 11.3 Å². The van der Waals surface area contributed by atoms with Crippen LogP contribution < -0.4 is 4.90 Å². The number of pyridine rings is 1. The first kappa shape index (κ1) is 10.5. The van der Waals surface area contributed by atoms with E-state index in [9.17, 15) is 0 Å². The lowest BCUT2D eigenvalue weighted by molar-refractivity contribution is 0.247. The summed E-state index contributed by atoms with van der Waals surface area (Å²) in [6.07, 6.45) is 2.75. The first-order valence-corrected chi connectivity index (χ1v) is 6.23. The van der Waals surface area contributed by atoms with Gasteiger partial charge >= 0.3 is 0 Å². The minimum Gasteiger partial charge on any atom is -0.354 e. The van der Waals surface area contributed by atoms with Crippen LogP contribution in [0.3, 0.4) is 0 Å². The summed E-state index contributed by atoms with van der Waals surface area (Å²) in [6, 6.07) is 8.61. The van der Waals surface area contributed by atoms with Gasteiger partial charge in [-0.25, -0.2) is 4.98 Å². The lowest BCUT2D eigenvalue weighted by atomic mass is 10.3. The zero-order valence-electron chi connectivity index (χ0n) is 9.84. The molecule has 1 aliphatic heterocycles. The van der Waals surface area contributed by atoms with Gasteiger partial charge in [-0.1, -0.05) is 6.07 Å². The molecule has 3 rings (SSSR count). The van der Waals surface area contributed by atoms with E-state index in [1.54, 1.807) is 6.07 Å². The molecule has 17 heavy (non-hydrogen) atoms. The number of hydrogen-bond acceptors (Lipinski definition) is 4. The minimum atomic E-state index is 0.507. The molecule has 1 saturated carbocycles. The highest BCUT2D eigenvalue weighted by Crippen LogP contribution is 2.28. The second-order valence-corrected chi connectivity index (χ2v) is 4.75. The number of hydrogen-bond donors (Lipinski definition) is 0. The molecule has 2 fully saturated rings. The molecule has 4 nitrogen and oxygen atoms in total. The van der Waals surface area contributed by atoms with E-state index in [-0.39, 0.29) is 0 Å². The molecule has 1 aliphatic carbocycles. The van der Waals surface area contributed by atoms with E-state index in [1.165, 1.54) is 12.8 Å². The molecule has 0 amide bonds. The molecular formula is C13H16N4. The number of piperazine rings is 1. The van der Waals surface area contributed by atoms with Gasteiger partial charge < -0.3 is 4.90 Å². The molecule has 2 heterocycles. The van der Waals surface area contributed by atoms with Crippen LogP contribution in [0.4, 0.5) is 5.82 Å². The molecule has 1 saturated heterocycles. The van der Waals surface area contributed by atoms with Crippen molar-refractivity contribution in [3.63, 3.8) is 0 Å². The van der Waals surface area contributed by atoms with Crippen LogP contribution in [-0.2, 0) is 0 Å². The number of rotatable bonds is 2. The van der Waals surface area contributed by atoms with Gasteiger partial charge in [-0.15, -0.1) is 0 Å². The number of aromatic nitrogens is 1. The third-order valence-corrected chi connectivity index (χ3v) is 3.55. The number of nitrogens with zero attached hydrogens (tertiary/aromatic N) is 4. The van der Waals surface area contributed by atoms with Gasteiger partial charge in [-0.05, 0) is 25.0 Å². The van der Waals surface area contributed by atoms with Crippen molar-refractivity contribution in [3.8, 4) is 6.07 Å². The predicted octanol–water partition coefficient (Wildman–Crippen LogP) is 1.24. The van der Waals surface area contributed by atoms with E-state index >= 15 is 0 Å². The van der Waals surface area contributed by atoms with E-state index in [1.807, 2.05) is 12.1 Å². The molecule has 0 N–H and O–H groups in total. The van der Waals surface area contributed by atoms with Crippen LogP contribution in [0.1, 0.15) is 18.5 Å². The highest BCUT2D eigenvalue weighted by molar-refractivity contribution is 5.42. The van der Waals surface area contributed by atoms with E-state index in [0.29, 0.717) is 5.69 Å². The zero-order valence-corrected chi connectivity index (χ0v) is 9.84. The topological polar surface area (TPSA) is 43.2 Å². The fraction of sp³-hybridized carbons (Fsp3) is 0.538. The van der Waals surface area contributed by atoms with E-state index in [2.05, 4.69) is 20.9 Å². The predicted molar refractivity (Wildman–Crippen MR) is 65.8 cm³/mol. The molecule has 0 bridgehead atoms. The van der Waals surface area contributed by atoms with Gasteiger partial charge in [0.2, 0.25) is 0 Å². The third-order valence-electron chi connectivity index (χ3n) is 3.55. The van der Waals surface area contributed by atoms with Gasteiger partial charge in [-0.3, -0.25) is 4.90 Å². The molecule has 1 aromatic rings. The summed E-state index contributed by atoms with van der Waals surface area (Å²) in [4.78, 5) is 9.20. The fourth-order valence-corrected chi connectivity index (χ4v) is 2.42. The van der Waals surface area contributed by atoms with Crippen LogP contribution in [0.5, 0.6) is 0 Å². The molecule has 4 heteroatoms. The number of nitriles is 1. The van der Waals surface area contributed by atoms with Crippen molar-refractivity contribution < 1.29 is 0 Å². The van der Waals surface area contributed by atoms with Crippen molar-refractivity contribution in [1.82, 2.24) is 9.88 Å². The summed E-state index contributed by atoms with van der Waals surface area (Å²) in [5.41, 5.74) is 0.507. The monoisotopic (exact) mass is 228 g/mol. The third kappa shape index (κ3) is 2.25.